The van der Waals surface area contributed by atoms with E-state index in [0.29, 0.717) is 18.8 Å². The van der Waals surface area contributed by atoms with Gasteiger partial charge < -0.3 is 9.88 Å². The van der Waals surface area contributed by atoms with E-state index in [9.17, 15) is 9.59 Å². The third-order valence-electron chi connectivity index (χ3n) is 6.81. The Morgan fingerprint density at radius 3 is 2.73 bits per heavy atom. The Morgan fingerprint density at radius 2 is 1.91 bits per heavy atom. The summed E-state index contributed by atoms with van der Waals surface area (Å²) in [7, 11) is 0. The van der Waals surface area contributed by atoms with Gasteiger partial charge in [0.25, 0.3) is 0 Å². The van der Waals surface area contributed by atoms with Crippen molar-refractivity contribution in [1.29, 1.82) is 0 Å². The predicted molar refractivity (Wildman–Crippen MR) is 123 cm³/mol. The number of likely N-dealkylation sites (tertiary alicyclic amines) is 1. The van der Waals surface area contributed by atoms with Crippen molar-refractivity contribution in [2.75, 3.05) is 13.1 Å². The van der Waals surface area contributed by atoms with Gasteiger partial charge in [0.15, 0.2) is 0 Å². The summed E-state index contributed by atoms with van der Waals surface area (Å²) in [6.07, 6.45) is 5.23. The highest BCUT2D eigenvalue weighted by molar-refractivity contribution is 5.85. The molecule has 2 fully saturated rings. The molecule has 1 amide bonds. The number of carbonyl (C=O) groups excluding carboxylic acids is 1. The molecule has 0 unspecified atom stereocenters. The number of fused-ring (bicyclic) bond motifs is 1. The van der Waals surface area contributed by atoms with Crippen LogP contribution in [0.3, 0.4) is 0 Å². The number of H-pyrrole nitrogens is 2. The molecule has 7 nitrogen and oxygen atoms in total. The molecule has 1 saturated heterocycles. The topological polar surface area (TPSA) is 86.8 Å². The Labute approximate surface area is 189 Å². The predicted octanol–water partition coefficient (Wildman–Crippen LogP) is 3.65. The summed E-state index contributed by atoms with van der Waals surface area (Å²) in [6, 6.07) is 12.8. The van der Waals surface area contributed by atoms with Crippen LogP contribution in [0, 0.1) is 17.7 Å². The maximum Gasteiger partial charge on any atom is 0.348 e. The summed E-state index contributed by atoms with van der Waals surface area (Å²) >= 11 is 0. The summed E-state index contributed by atoms with van der Waals surface area (Å²) in [5.74, 6) is 0.667. The Bertz CT molecular complexity index is 1410. The fourth-order valence-electron chi connectivity index (χ4n) is 4.86. The molecular formula is C25H24FN5O2. The molecule has 1 saturated carbocycles. The van der Waals surface area contributed by atoms with Crippen LogP contribution in [0.25, 0.3) is 27.7 Å². The first kappa shape index (κ1) is 20.0. The lowest BCUT2D eigenvalue weighted by molar-refractivity contribution is -0.131. The van der Waals surface area contributed by atoms with E-state index in [4.69, 9.17) is 0 Å². The van der Waals surface area contributed by atoms with Crippen molar-refractivity contribution in [3.05, 3.63) is 70.8 Å². The standard InChI is InChI=1S/C25H24FN5O2/c26-20-13-18(17-3-5-21-19(12-17)7-9-27-21)4-6-22(20)31-23(28-29-25(31)33)11-15-8-10-30(14-15)24(32)16-1-2-16/h3-7,9,12-13,15-16,27H,1-2,8,10-11,14H2,(H,29,33)/t15-/m0/s1. The van der Waals surface area contributed by atoms with E-state index in [0.717, 1.165) is 47.8 Å². The van der Waals surface area contributed by atoms with E-state index < -0.39 is 11.5 Å². The first-order valence-corrected chi connectivity index (χ1v) is 11.4. The number of amides is 1. The lowest BCUT2D eigenvalue weighted by Gasteiger charge is -2.16. The normalized spacial score (nSPS) is 18.3. The SMILES string of the molecule is O=C(C1CC1)N1CC[C@@H](Cc2n[nH]c(=O)n2-c2ccc(-c3ccc4[nH]ccc4c3)cc2F)C1. The van der Waals surface area contributed by atoms with Crippen molar-refractivity contribution >= 4 is 16.8 Å². The second kappa shape index (κ2) is 7.72. The van der Waals surface area contributed by atoms with Gasteiger partial charge in [-0.15, -0.1) is 0 Å². The smallest absolute Gasteiger partial charge is 0.348 e. The van der Waals surface area contributed by atoms with Gasteiger partial charge in [0, 0.05) is 37.1 Å². The number of nitrogens with one attached hydrogen (secondary N) is 2. The highest BCUT2D eigenvalue weighted by atomic mass is 19.1. The number of carbonyl (C=O) groups is 1. The summed E-state index contributed by atoms with van der Waals surface area (Å²) < 4.78 is 16.5. The van der Waals surface area contributed by atoms with E-state index in [1.165, 1.54) is 10.6 Å². The van der Waals surface area contributed by atoms with Gasteiger partial charge in [-0.1, -0.05) is 12.1 Å². The van der Waals surface area contributed by atoms with E-state index >= 15 is 4.39 Å². The first-order valence-electron chi connectivity index (χ1n) is 11.4. The average Bonchev–Trinajstić information content (AvgIpc) is 3.21. The van der Waals surface area contributed by atoms with Gasteiger partial charge in [0.1, 0.15) is 11.6 Å². The second-order valence-corrected chi connectivity index (χ2v) is 9.14. The number of hydrogen-bond donors (Lipinski definition) is 2. The van der Waals surface area contributed by atoms with Gasteiger partial charge in [0.05, 0.1) is 5.69 Å². The third kappa shape index (κ3) is 3.65. The van der Waals surface area contributed by atoms with Crippen molar-refractivity contribution in [2.45, 2.75) is 25.7 Å². The largest absolute Gasteiger partial charge is 0.361 e. The van der Waals surface area contributed by atoms with Crippen LogP contribution in [-0.2, 0) is 11.2 Å². The van der Waals surface area contributed by atoms with Crippen LogP contribution in [0.5, 0.6) is 0 Å². The minimum absolute atomic E-state index is 0.180. The van der Waals surface area contributed by atoms with Crippen LogP contribution in [0.1, 0.15) is 25.1 Å². The van der Waals surface area contributed by atoms with Gasteiger partial charge in [-0.3, -0.25) is 4.79 Å². The molecular weight excluding hydrogens is 421 g/mol. The Hall–Kier alpha value is -3.68. The average molecular weight is 445 g/mol. The zero-order chi connectivity index (χ0) is 22.5. The van der Waals surface area contributed by atoms with Crippen LogP contribution < -0.4 is 5.69 Å². The lowest BCUT2D eigenvalue weighted by Crippen LogP contribution is -2.30. The summed E-state index contributed by atoms with van der Waals surface area (Å²) in [5, 5.41) is 7.70. The Kier molecular flexibility index (Phi) is 4.67. The van der Waals surface area contributed by atoms with Crippen molar-refractivity contribution in [1.82, 2.24) is 24.6 Å². The number of halogens is 1. The van der Waals surface area contributed by atoms with E-state index in [2.05, 4.69) is 15.2 Å². The Balaban J connectivity index is 1.26. The summed E-state index contributed by atoms with van der Waals surface area (Å²) in [5.41, 5.74) is 2.38. The maximum atomic E-state index is 15.2. The number of benzene rings is 2. The molecule has 3 heterocycles. The molecule has 6 rings (SSSR count). The van der Waals surface area contributed by atoms with Gasteiger partial charge in [-0.25, -0.2) is 18.9 Å². The zero-order valence-corrected chi connectivity index (χ0v) is 18.1. The van der Waals surface area contributed by atoms with Gasteiger partial charge in [-0.05, 0) is 72.0 Å². The van der Waals surface area contributed by atoms with Crippen LogP contribution >= 0.6 is 0 Å². The van der Waals surface area contributed by atoms with Crippen molar-refractivity contribution in [3.8, 4) is 16.8 Å². The van der Waals surface area contributed by atoms with Crippen LogP contribution in [0.2, 0.25) is 0 Å². The molecule has 2 aromatic carbocycles. The number of aromatic nitrogens is 4. The summed E-state index contributed by atoms with van der Waals surface area (Å²) in [4.78, 5) is 29.9. The molecule has 0 radical (unpaired) electrons. The van der Waals surface area contributed by atoms with Gasteiger partial charge in [0.2, 0.25) is 5.91 Å². The van der Waals surface area contributed by atoms with Gasteiger partial charge >= 0.3 is 5.69 Å². The number of aromatic amines is 2. The molecule has 4 aromatic rings. The van der Waals surface area contributed by atoms with Crippen molar-refractivity contribution < 1.29 is 9.18 Å². The first-order chi connectivity index (χ1) is 16.1. The zero-order valence-electron chi connectivity index (χ0n) is 18.1. The second-order valence-electron chi connectivity index (χ2n) is 9.14. The molecule has 0 bridgehead atoms. The molecule has 0 spiro atoms. The fourth-order valence-corrected chi connectivity index (χ4v) is 4.86. The van der Waals surface area contributed by atoms with E-state index in [1.54, 1.807) is 6.07 Å². The van der Waals surface area contributed by atoms with E-state index in [1.807, 2.05) is 41.4 Å². The fraction of sp³-hybridized carbons (Fsp3) is 0.320. The van der Waals surface area contributed by atoms with Crippen LogP contribution in [-0.4, -0.2) is 43.6 Å². The number of hydrogen-bond acceptors (Lipinski definition) is 3. The highest BCUT2D eigenvalue weighted by Crippen LogP contribution is 2.33. The molecule has 1 aliphatic heterocycles. The maximum absolute atomic E-state index is 15.2. The molecule has 1 atom stereocenters. The molecule has 168 valence electrons. The minimum Gasteiger partial charge on any atom is -0.361 e. The van der Waals surface area contributed by atoms with E-state index in [-0.39, 0.29) is 23.4 Å². The number of nitrogens with zero attached hydrogens (tertiary/aromatic N) is 3. The molecule has 2 N–H and O–H groups in total. The highest BCUT2D eigenvalue weighted by Gasteiger charge is 2.37. The monoisotopic (exact) mass is 445 g/mol. The van der Waals surface area contributed by atoms with Crippen LogP contribution in [0.15, 0.2) is 53.5 Å². The minimum atomic E-state index is -0.483. The molecule has 1 aliphatic carbocycles. The van der Waals surface area contributed by atoms with Crippen LogP contribution in [0.4, 0.5) is 4.39 Å². The van der Waals surface area contributed by atoms with Crippen molar-refractivity contribution in [2.24, 2.45) is 11.8 Å². The van der Waals surface area contributed by atoms with Gasteiger partial charge in [-0.2, -0.15) is 5.10 Å². The number of rotatable bonds is 5. The van der Waals surface area contributed by atoms with Crippen molar-refractivity contribution in [3.63, 3.8) is 0 Å². The molecule has 2 aromatic heterocycles. The molecule has 8 heteroatoms. The lowest BCUT2D eigenvalue weighted by atomic mass is 10.0. The Morgan fingerprint density at radius 1 is 1.09 bits per heavy atom. The quantitative estimate of drug-likeness (QED) is 0.492. The summed E-state index contributed by atoms with van der Waals surface area (Å²) in [6.45, 7) is 1.41. The molecule has 33 heavy (non-hydrogen) atoms. The third-order valence-corrected chi connectivity index (χ3v) is 6.81. The molecule has 2 aliphatic rings.